The lowest BCUT2D eigenvalue weighted by atomic mass is 10.1. The Labute approximate surface area is 200 Å². The van der Waals surface area contributed by atoms with E-state index in [4.69, 9.17) is 4.74 Å². The number of rotatable bonds is 12. The molecule has 0 radical (unpaired) electrons. The molecule has 1 amide bonds. The van der Waals surface area contributed by atoms with Crippen LogP contribution in [0.2, 0.25) is 0 Å². The molecule has 30 heavy (non-hydrogen) atoms. The van der Waals surface area contributed by atoms with Crippen LogP contribution in [0.15, 0.2) is 4.99 Å². The Morgan fingerprint density at radius 2 is 1.80 bits per heavy atom. The first-order valence-corrected chi connectivity index (χ1v) is 11.9. The van der Waals surface area contributed by atoms with Crippen molar-refractivity contribution in [3.05, 3.63) is 0 Å². The summed E-state index contributed by atoms with van der Waals surface area (Å²) in [5.41, 5.74) is -0.535. The highest BCUT2D eigenvalue weighted by Gasteiger charge is 2.18. The summed E-state index contributed by atoms with van der Waals surface area (Å²) in [6.45, 7) is 10.7. The third kappa shape index (κ3) is 15.1. The van der Waals surface area contributed by atoms with Gasteiger partial charge < -0.3 is 20.7 Å². The van der Waals surface area contributed by atoms with Crippen LogP contribution >= 0.6 is 24.0 Å². The first-order chi connectivity index (χ1) is 13.4. The fourth-order valence-electron chi connectivity index (χ4n) is 2.45. The summed E-state index contributed by atoms with van der Waals surface area (Å²) in [5, 5.41) is 9.33. The number of nitrogens with zero attached hydrogens (tertiary/aromatic N) is 2. The molecule has 11 heteroatoms. The number of ether oxygens (including phenoxy) is 1. The SMILES string of the molecule is CCCCC(CNC(=O)OC(C)(C)C)NC(=NC)NCCCN(C)S(=O)(=O)CC.I. The monoisotopic (exact) mass is 563 g/mol. The Hall–Kier alpha value is -0.820. The minimum Gasteiger partial charge on any atom is -0.444 e. The van der Waals surface area contributed by atoms with E-state index in [0.717, 1.165) is 19.3 Å². The summed E-state index contributed by atoms with van der Waals surface area (Å²) in [5.74, 6) is 0.724. The fourth-order valence-corrected chi connectivity index (χ4v) is 3.30. The molecular formula is C19H42IN5O4S. The molecule has 3 N–H and O–H groups in total. The number of alkyl carbamates (subject to hydrolysis) is 1. The van der Waals surface area contributed by atoms with E-state index in [0.29, 0.717) is 32.0 Å². The number of unbranched alkanes of at least 4 members (excludes halogenated alkanes) is 1. The van der Waals surface area contributed by atoms with Gasteiger partial charge in [0.05, 0.1) is 5.75 Å². The molecule has 0 aliphatic carbocycles. The molecule has 0 aromatic rings. The second-order valence-corrected chi connectivity index (χ2v) is 10.3. The van der Waals surface area contributed by atoms with Crippen molar-refractivity contribution in [3.63, 3.8) is 0 Å². The molecule has 0 heterocycles. The van der Waals surface area contributed by atoms with Crippen LogP contribution in [0.5, 0.6) is 0 Å². The van der Waals surface area contributed by atoms with E-state index in [-0.39, 0.29) is 35.8 Å². The van der Waals surface area contributed by atoms with E-state index in [1.807, 2.05) is 20.8 Å². The van der Waals surface area contributed by atoms with Gasteiger partial charge in [0, 0.05) is 39.8 Å². The Bertz CT molecular complexity index is 609. The molecule has 0 aliphatic heterocycles. The molecule has 1 unspecified atom stereocenters. The summed E-state index contributed by atoms with van der Waals surface area (Å²) >= 11 is 0. The number of guanidine groups is 1. The third-order valence-corrected chi connectivity index (χ3v) is 6.01. The Morgan fingerprint density at radius 1 is 1.17 bits per heavy atom. The summed E-state index contributed by atoms with van der Waals surface area (Å²) in [7, 11) is 0.119. The molecule has 0 aromatic heterocycles. The van der Waals surface area contributed by atoms with Gasteiger partial charge >= 0.3 is 6.09 Å². The number of carbonyl (C=O) groups is 1. The molecule has 9 nitrogen and oxygen atoms in total. The molecule has 180 valence electrons. The average molecular weight is 564 g/mol. The molecular weight excluding hydrogens is 521 g/mol. The Morgan fingerprint density at radius 3 is 2.30 bits per heavy atom. The maximum absolute atomic E-state index is 11.9. The molecule has 0 fully saturated rings. The van der Waals surface area contributed by atoms with Gasteiger partial charge in [-0.3, -0.25) is 4.99 Å². The smallest absolute Gasteiger partial charge is 0.407 e. The number of sulfonamides is 1. The van der Waals surface area contributed by atoms with Crippen LogP contribution in [0.1, 0.15) is 60.3 Å². The minimum atomic E-state index is -3.15. The van der Waals surface area contributed by atoms with Crippen molar-refractivity contribution in [1.29, 1.82) is 0 Å². The molecule has 0 spiro atoms. The fraction of sp³-hybridized carbons (Fsp3) is 0.895. The van der Waals surface area contributed by atoms with Gasteiger partial charge in [0.2, 0.25) is 10.0 Å². The average Bonchev–Trinajstić information content (AvgIpc) is 2.64. The maximum Gasteiger partial charge on any atom is 0.407 e. The molecule has 0 saturated heterocycles. The molecule has 0 aromatic carbocycles. The topological polar surface area (TPSA) is 112 Å². The standard InChI is InChI=1S/C19H41N5O4S.HI/c1-8-10-12-16(15-22-18(25)28-19(3,4)5)23-17(20-6)21-13-11-14-24(7)29(26,27)9-2;/h16H,8-15H2,1-7H3,(H,22,25)(H2,20,21,23);1H. The zero-order valence-electron chi connectivity index (χ0n) is 19.6. The number of hydrogen-bond donors (Lipinski definition) is 3. The van der Waals surface area contributed by atoms with Crippen molar-refractivity contribution in [1.82, 2.24) is 20.3 Å². The van der Waals surface area contributed by atoms with Gasteiger partial charge in [-0.05, 0) is 40.5 Å². The molecule has 0 aliphatic rings. The highest BCUT2D eigenvalue weighted by atomic mass is 127. The summed E-state index contributed by atoms with van der Waals surface area (Å²) in [6.07, 6.45) is 3.17. The number of carbonyl (C=O) groups excluding carboxylic acids is 1. The lowest BCUT2D eigenvalue weighted by Crippen LogP contribution is -2.49. The van der Waals surface area contributed by atoms with E-state index in [9.17, 15) is 13.2 Å². The van der Waals surface area contributed by atoms with Gasteiger partial charge in [-0.1, -0.05) is 19.8 Å². The van der Waals surface area contributed by atoms with Crippen molar-refractivity contribution in [2.45, 2.75) is 71.9 Å². The highest BCUT2D eigenvalue weighted by Crippen LogP contribution is 2.07. The highest BCUT2D eigenvalue weighted by molar-refractivity contribution is 14.0. The van der Waals surface area contributed by atoms with Crippen molar-refractivity contribution in [3.8, 4) is 0 Å². The minimum absolute atomic E-state index is 0. The van der Waals surface area contributed by atoms with Crippen molar-refractivity contribution < 1.29 is 17.9 Å². The van der Waals surface area contributed by atoms with Gasteiger partial charge in [0.15, 0.2) is 5.96 Å². The molecule has 0 saturated carbocycles. The van der Waals surface area contributed by atoms with Crippen LogP contribution in [-0.4, -0.2) is 75.9 Å². The van der Waals surface area contributed by atoms with Crippen LogP contribution in [0.4, 0.5) is 4.79 Å². The van der Waals surface area contributed by atoms with Crippen LogP contribution in [0.3, 0.4) is 0 Å². The first-order valence-electron chi connectivity index (χ1n) is 10.3. The van der Waals surface area contributed by atoms with E-state index in [1.165, 1.54) is 4.31 Å². The molecule has 0 bridgehead atoms. The van der Waals surface area contributed by atoms with Gasteiger partial charge in [0.1, 0.15) is 5.60 Å². The normalized spacial score (nSPS) is 13.4. The first kappa shape index (κ1) is 31.4. The number of halogens is 1. The number of aliphatic imine (C=N–C) groups is 1. The summed E-state index contributed by atoms with van der Waals surface area (Å²) in [6, 6.07) is 0.0109. The number of nitrogens with one attached hydrogen (secondary N) is 3. The second-order valence-electron chi connectivity index (χ2n) is 7.94. The van der Waals surface area contributed by atoms with Crippen LogP contribution < -0.4 is 16.0 Å². The van der Waals surface area contributed by atoms with Crippen LogP contribution in [0.25, 0.3) is 0 Å². The van der Waals surface area contributed by atoms with E-state index >= 15 is 0 Å². The lowest BCUT2D eigenvalue weighted by Gasteiger charge is -2.24. The number of hydrogen-bond acceptors (Lipinski definition) is 5. The Balaban J connectivity index is 0. The van der Waals surface area contributed by atoms with Crippen molar-refractivity contribution in [2.24, 2.45) is 4.99 Å². The van der Waals surface area contributed by atoms with E-state index in [1.54, 1.807) is 21.0 Å². The molecule has 1 atom stereocenters. The van der Waals surface area contributed by atoms with E-state index in [2.05, 4.69) is 27.9 Å². The predicted octanol–water partition coefficient (Wildman–Crippen LogP) is 2.52. The van der Waals surface area contributed by atoms with Gasteiger partial charge in [0.25, 0.3) is 0 Å². The summed E-state index contributed by atoms with van der Waals surface area (Å²) < 4.78 is 30.2. The molecule has 0 rings (SSSR count). The lowest BCUT2D eigenvalue weighted by molar-refractivity contribution is 0.0522. The van der Waals surface area contributed by atoms with E-state index < -0.39 is 21.7 Å². The van der Waals surface area contributed by atoms with Crippen molar-refractivity contribution in [2.75, 3.05) is 39.5 Å². The summed E-state index contributed by atoms with van der Waals surface area (Å²) in [4.78, 5) is 16.1. The zero-order valence-corrected chi connectivity index (χ0v) is 22.7. The second kappa shape index (κ2) is 15.9. The van der Waals surface area contributed by atoms with Gasteiger partial charge in [-0.25, -0.2) is 17.5 Å². The van der Waals surface area contributed by atoms with Gasteiger partial charge in [-0.2, -0.15) is 0 Å². The van der Waals surface area contributed by atoms with Gasteiger partial charge in [-0.15, -0.1) is 24.0 Å². The third-order valence-electron chi connectivity index (χ3n) is 4.14. The maximum atomic E-state index is 11.9. The van der Waals surface area contributed by atoms with Crippen molar-refractivity contribution >= 4 is 46.1 Å². The largest absolute Gasteiger partial charge is 0.444 e. The van der Waals surface area contributed by atoms with Crippen LogP contribution in [0, 0.1) is 0 Å². The predicted molar refractivity (Wildman–Crippen MR) is 134 cm³/mol. The zero-order chi connectivity index (χ0) is 22.5. The Kier molecular flexibility index (Phi) is 16.6. The number of amides is 1. The quantitative estimate of drug-likeness (QED) is 0.146. The van der Waals surface area contributed by atoms with Crippen LogP contribution in [-0.2, 0) is 14.8 Å².